The van der Waals surface area contributed by atoms with Gasteiger partial charge in [-0.15, -0.1) is 0 Å². The van der Waals surface area contributed by atoms with Gasteiger partial charge in [-0.25, -0.2) is 5.43 Å². The maximum Gasteiger partial charge on any atom is 0.322 e. The average molecular weight is 409 g/mol. The summed E-state index contributed by atoms with van der Waals surface area (Å²) in [5, 5.41) is 13.9. The van der Waals surface area contributed by atoms with E-state index in [2.05, 4.69) is 41.4 Å². The number of hydrogen-bond acceptors (Lipinski definition) is 9. The topological polar surface area (TPSA) is 105 Å². The number of methoxy groups -OCH3 is 1. The van der Waals surface area contributed by atoms with E-state index < -0.39 is 0 Å². The first-order valence-electron chi connectivity index (χ1n) is 7.56. The number of benzene rings is 1. The molecule has 0 spiro atoms. The van der Waals surface area contributed by atoms with E-state index in [-0.39, 0.29) is 17.7 Å². The molecule has 0 unspecified atom stereocenters. The molecule has 1 aliphatic heterocycles. The lowest BCUT2D eigenvalue weighted by Crippen LogP contribution is -2.37. The Balaban J connectivity index is 1.77. The first-order chi connectivity index (χ1) is 12.2. The van der Waals surface area contributed by atoms with Crippen molar-refractivity contribution in [2.75, 3.05) is 43.7 Å². The molecule has 10 heteroatoms. The zero-order valence-corrected chi connectivity index (χ0v) is 15.1. The number of hydrogen-bond donors (Lipinski definition) is 2. The molecule has 132 valence electrons. The Morgan fingerprint density at radius 2 is 2.12 bits per heavy atom. The van der Waals surface area contributed by atoms with E-state index in [1.165, 1.54) is 13.3 Å². The van der Waals surface area contributed by atoms with Gasteiger partial charge in [0.15, 0.2) is 0 Å². The van der Waals surface area contributed by atoms with E-state index in [9.17, 15) is 5.11 Å². The number of anilines is 2. The maximum absolute atomic E-state index is 9.81. The van der Waals surface area contributed by atoms with Crippen molar-refractivity contribution in [2.24, 2.45) is 5.10 Å². The van der Waals surface area contributed by atoms with Crippen molar-refractivity contribution < 1.29 is 14.6 Å². The SMILES string of the molecule is COc1nc(N/N=C/c2cc(Br)ccc2O)nc(N2CCOCC2)n1. The molecule has 1 saturated heterocycles. The van der Waals surface area contributed by atoms with Gasteiger partial charge in [-0.3, -0.25) is 0 Å². The van der Waals surface area contributed by atoms with Gasteiger partial charge in [-0.2, -0.15) is 20.1 Å². The number of ether oxygens (including phenoxy) is 2. The highest BCUT2D eigenvalue weighted by Gasteiger charge is 2.16. The molecule has 0 bridgehead atoms. The van der Waals surface area contributed by atoms with Gasteiger partial charge in [-0.1, -0.05) is 15.9 Å². The number of nitrogens with one attached hydrogen (secondary N) is 1. The van der Waals surface area contributed by atoms with Crippen molar-refractivity contribution in [3.05, 3.63) is 28.2 Å². The number of morpholine rings is 1. The molecule has 2 aromatic rings. The highest BCUT2D eigenvalue weighted by Crippen LogP contribution is 2.20. The number of phenols is 1. The molecule has 0 saturated carbocycles. The zero-order valence-electron chi connectivity index (χ0n) is 13.5. The lowest BCUT2D eigenvalue weighted by atomic mass is 10.2. The highest BCUT2D eigenvalue weighted by atomic mass is 79.9. The molecule has 1 aromatic carbocycles. The Bertz CT molecular complexity index is 767. The molecule has 0 radical (unpaired) electrons. The number of phenolic OH excluding ortho intramolecular Hbond substituents is 1. The fourth-order valence-corrected chi connectivity index (χ4v) is 2.56. The van der Waals surface area contributed by atoms with Gasteiger partial charge in [0.2, 0.25) is 5.95 Å². The van der Waals surface area contributed by atoms with Crippen LogP contribution in [0.15, 0.2) is 27.8 Å². The fourth-order valence-electron chi connectivity index (χ4n) is 2.18. The van der Waals surface area contributed by atoms with Crippen LogP contribution in [0.2, 0.25) is 0 Å². The van der Waals surface area contributed by atoms with E-state index in [4.69, 9.17) is 9.47 Å². The molecule has 3 rings (SSSR count). The maximum atomic E-state index is 9.81. The predicted octanol–water partition coefficient (Wildman–Crippen LogP) is 1.63. The first-order valence-corrected chi connectivity index (χ1v) is 8.35. The number of hydrazone groups is 1. The van der Waals surface area contributed by atoms with Crippen molar-refractivity contribution in [3.63, 3.8) is 0 Å². The molecule has 0 aliphatic carbocycles. The van der Waals surface area contributed by atoms with Gasteiger partial charge in [0.05, 0.1) is 26.5 Å². The van der Waals surface area contributed by atoms with Gasteiger partial charge in [0, 0.05) is 23.1 Å². The molecule has 2 N–H and O–H groups in total. The van der Waals surface area contributed by atoms with E-state index in [1.807, 2.05) is 4.90 Å². The Kier molecular flexibility index (Phi) is 5.61. The largest absolute Gasteiger partial charge is 0.507 e. The number of aromatic nitrogens is 3. The lowest BCUT2D eigenvalue weighted by Gasteiger charge is -2.26. The van der Waals surface area contributed by atoms with Crippen LogP contribution < -0.4 is 15.1 Å². The summed E-state index contributed by atoms with van der Waals surface area (Å²) in [7, 11) is 1.49. The number of aromatic hydroxyl groups is 1. The second-order valence-corrected chi connectivity index (χ2v) is 6.03. The van der Waals surface area contributed by atoms with Crippen LogP contribution in [0.25, 0.3) is 0 Å². The minimum Gasteiger partial charge on any atom is -0.507 e. The van der Waals surface area contributed by atoms with Crippen LogP contribution in [0.4, 0.5) is 11.9 Å². The number of rotatable bonds is 5. The summed E-state index contributed by atoms with van der Waals surface area (Å²) in [6.07, 6.45) is 1.48. The van der Waals surface area contributed by atoms with Crippen LogP contribution in [-0.4, -0.2) is 59.7 Å². The normalized spacial score (nSPS) is 14.7. The molecule has 0 atom stereocenters. The van der Waals surface area contributed by atoms with Crippen LogP contribution in [0.1, 0.15) is 5.56 Å². The van der Waals surface area contributed by atoms with Crippen LogP contribution in [0.3, 0.4) is 0 Å². The Hall–Kier alpha value is -2.46. The predicted molar refractivity (Wildman–Crippen MR) is 96.4 cm³/mol. The smallest absolute Gasteiger partial charge is 0.322 e. The molecule has 1 aliphatic rings. The average Bonchev–Trinajstić information content (AvgIpc) is 2.65. The third-order valence-corrected chi connectivity index (χ3v) is 3.93. The van der Waals surface area contributed by atoms with Gasteiger partial charge in [0.1, 0.15) is 5.75 Å². The molecule has 9 nitrogen and oxygen atoms in total. The third kappa shape index (κ3) is 4.54. The summed E-state index contributed by atoms with van der Waals surface area (Å²) < 4.78 is 11.3. The Morgan fingerprint density at radius 3 is 2.88 bits per heavy atom. The minimum absolute atomic E-state index is 0.121. The summed E-state index contributed by atoms with van der Waals surface area (Å²) in [5.74, 6) is 0.869. The summed E-state index contributed by atoms with van der Waals surface area (Å²) in [6.45, 7) is 2.64. The summed E-state index contributed by atoms with van der Waals surface area (Å²) in [6, 6.07) is 5.26. The van der Waals surface area contributed by atoms with Crippen LogP contribution in [0, 0.1) is 0 Å². The van der Waals surface area contributed by atoms with Crippen molar-refractivity contribution in [2.45, 2.75) is 0 Å². The molecule has 25 heavy (non-hydrogen) atoms. The summed E-state index contributed by atoms with van der Waals surface area (Å²) >= 11 is 3.35. The number of nitrogens with zero attached hydrogens (tertiary/aromatic N) is 5. The molecule has 2 heterocycles. The van der Waals surface area contributed by atoms with Crippen LogP contribution >= 0.6 is 15.9 Å². The molecular formula is C15H17BrN6O3. The second kappa shape index (κ2) is 8.08. The summed E-state index contributed by atoms with van der Waals surface area (Å²) in [4.78, 5) is 14.7. The van der Waals surface area contributed by atoms with E-state index in [0.717, 1.165) is 4.47 Å². The van der Waals surface area contributed by atoms with Gasteiger partial charge in [0.25, 0.3) is 5.95 Å². The molecule has 1 fully saturated rings. The Morgan fingerprint density at radius 1 is 1.32 bits per heavy atom. The molecule has 1 aromatic heterocycles. The highest BCUT2D eigenvalue weighted by molar-refractivity contribution is 9.10. The summed E-state index contributed by atoms with van der Waals surface area (Å²) in [5.41, 5.74) is 3.29. The standard InChI is InChI=1S/C15H17BrN6O3/c1-24-15-19-13(18-14(20-15)22-4-6-25-7-5-22)21-17-9-10-8-11(16)2-3-12(10)23/h2-3,8-9,23H,4-7H2,1H3,(H,18,19,20,21)/b17-9+. The van der Waals surface area contributed by atoms with Crippen molar-refractivity contribution >= 4 is 34.0 Å². The van der Waals surface area contributed by atoms with Crippen molar-refractivity contribution in [1.82, 2.24) is 15.0 Å². The van der Waals surface area contributed by atoms with Crippen LogP contribution in [0.5, 0.6) is 11.8 Å². The van der Waals surface area contributed by atoms with Crippen molar-refractivity contribution in [3.8, 4) is 11.8 Å². The second-order valence-electron chi connectivity index (χ2n) is 5.12. The number of halogens is 1. The molecule has 0 amide bonds. The first kappa shape index (κ1) is 17.4. The third-order valence-electron chi connectivity index (χ3n) is 3.44. The van der Waals surface area contributed by atoms with E-state index >= 15 is 0 Å². The molecular weight excluding hydrogens is 392 g/mol. The minimum atomic E-state index is 0.121. The van der Waals surface area contributed by atoms with Crippen molar-refractivity contribution in [1.29, 1.82) is 0 Å². The lowest BCUT2D eigenvalue weighted by molar-refractivity contribution is 0.122. The van der Waals surface area contributed by atoms with Gasteiger partial charge in [-0.05, 0) is 18.2 Å². The van der Waals surface area contributed by atoms with Gasteiger partial charge < -0.3 is 19.5 Å². The van der Waals surface area contributed by atoms with E-state index in [0.29, 0.717) is 37.8 Å². The quantitative estimate of drug-likeness (QED) is 0.567. The monoisotopic (exact) mass is 408 g/mol. The zero-order chi connectivity index (χ0) is 17.6. The van der Waals surface area contributed by atoms with Gasteiger partial charge >= 0.3 is 6.01 Å². The fraction of sp³-hybridized carbons (Fsp3) is 0.333. The van der Waals surface area contributed by atoms with Crippen LogP contribution in [-0.2, 0) is 4.74 Å². The van der Waals surface area contributed by atoms with E-state index in [1.54, 1.807) is 18.2 Å². The Labute approximate surface area is 152 Å².